The Bertz CT molecular complexity index is 849. The molecule has 5 heteroatoms. The lowest BCUT2D eigenvalue weighted by Gasteiger charge is -2.20. The number of pyridine rings is 1. The number of hydrogen-bond acceptors (Lipinski definition) is 3. The van der Waals surface area contributed by atoms with Gasteiger partial charge in [0.25, 0.3) is 0 Å². The predicted molar refractivity (Wildman–Crippen MR) is 99.5 cm³/mol. The maximum absolute atomic E-state index is 13.2. The summed E-state index contributed by atoms with van der Waals surface area (Å²) in [4.78, 5) is 31.9. The van der Waals surface area contributed by atoms with Crippen molar-refractivity contribution in [3.05, 3.63) is 59.9 Å². The molecule has 1 spiro atoms. The standard InChI is InChI=1S/C21H23N3O2/c1-14(2)13-24-18-8-4-3-7-16(18)21(20(24)26)10-17(21)19(25)23-12-15-6-5-9-22-11-15/h3-9,11,14,17H,10,12-13H2,1-2H3,(H,23,25)/t17-,21-/m0/s1. The second-order valence-corrected chi connectivity index (χ2v) is 7.63. The van der Waals surface area contributed by atoms with Crippen LogP contribution in [0.3, 0.4) is 0 Å². The molecule has 1 N–H and O–H groups in total. The minimum absolute atomic E-state index is 0.0524. The van der Waals surface area contributed by atoms with Gasteiger partial charge in [0.1, 0.15) is 0 Å². The Kier molecular flexibility index (Phi) is 4.02. The molecule has 1 aromatic carbocycles. The largest absolute Gasteiger partial charge is 0.352 e. The lowest BCUT2D eigenvalue weighted by atomic mass is 9.94. The number of carbonyl (C=O) groups excluding carboxylic acids is 2. The Morgan fingerprint density at radius 2 is 2.12 bits per heavy atom. The topological polar surface area (TPSA) is 62.3 Å². The fourth-order valence-electron chi connectivity index (χ4n) is 4.03. The van der Waals surface area contributed by atoms with Gasteiger partial charge in [-0.05, 0) is 35.6 Å². The van der Waals surface area contributed by atoms with Crippen molar-refractivity contribution >= 4 is 17.5 Å². The SMILES string of the molecule is CC(C)CN1C(=O)[C@@]2(C[C@H]2C(=O)NCc2cccnc2)c2ccccc21. The molecule has 2 aromatic rings. The normalized spacial score (nSPS) is 23.4. The fourth-order valence-corrected chi connectivity index (χ4v) is 4.03. The van der Waals surface area contributed by atoms with Crippen molar-refractivity contribution in [2.45, 2.75) is 32.2 Å². The smallest absolute Gasteiger partial charge is 0.238 e. The summed E-state index contributed by atoms with van der Waals surface area (Å²) < 4.78 is 0. The first-order valence-corrected chi connectivity index (χ1v) is 9.12. The molecule has 2 atom stereocenters. The predicted octanol–water partition coefficient (Wildman–Crippen LogP) is 2.66. The van der Waals surface area contributed by atoms with Crippen LogP contribution in [-0.4, -0.2) is 23.3 Å². The van der Waals surface area contributed by atoms with Gasteiger partial charge in [-0.25, -0.2) is 0 Å². The van der Waals surface area contributed by atoms with Crippen LogP contribution in [0.1, 0.15) is 31.4 Å². The summed E-state index contributed by atoms with van der Waals surface area (Å²) in [5, 5.41) is 2.97. The van der Waals surface area contributed by atoms with Crippen LogP contribution in [0, 0.1) is 11.8 Å². The first-order valence-electron chi connectivity index (χ1n) is 9.12. The molecule has 4 rings (SSSR count). The summed E-state index contributed by atoms with van der Waals surface area (Å²) in [6.45, 7) is 5.32. The average molecular weight is 349 g/mol. The molecule has 1 aliphatic carbocycles. The summed E-state index contributed by atoms with van der Waals surface area (Å²) in [6, 6.07) is 11.7. The number of amides is 2. The Morgan fingerprint density at radius 3 is 2.85 bits per heavy atom. The molecular formula is C21H23N3O2. The number of benzene rings is 1. The third-order valence-corrected chi connectivity index (χ3v) is 5.32. The van der Waals surface area contributed by atoms with Crippen LogP contribution in [0.15, 0.2) is 48.8 Å². The highest BCUT2D eigenvalue weighted by Crippen LogP contribution is 2.61. The van der Waals surface area contributed by atoms with Gasteiger partial charge >= 0.3 is 0 Å². The van der Waals surface area contributed by atoms with Crippen LogP contribution < -0.4 is 10.2 Å². The van der Waals surface area contributed by atoms with Crippen molar-refractivity contribution in [1.29, 1.82) is 0 Å². The number of carbonyl (C=O) groups is 2. The highest BCUT2D eigenvalue weighted by Gasteiger charge is 2.69. The number of fused-ring (bicyclic) bond motifs is 2. The van der Waals surface area contributed by atoms with Gasteiger partial charge in [0, 0.05) is 31.2 Å². The number of nitrogens with one attached hydrogen (secondary N) is 1. The van der Waals surface area contributed by atoms with Gasteiger partial charge in [0.05, 0.1) is 11.3 Å². The molecule has 1 fully saturated rings. The Morgan fingerprint density at radius 1 is 1.31 bits per heavy atom. The van der Waals surface area contributed by atoms with Gasteiger partial charge in [0.2, 0.25) is 11.8 Å². The molecule has 2 amide bonds. The van der Waals surface area contributed by atoms with Crippen molar-refractivity contribution in [2.24, 2.45) is 11.8 Å². The number of anilines is 1. The minimum atomic E-state index is -0.662. The number of hydrogen-bond donors (Lipinski definition) is 1. The van der Waals surface area contributed by atoms with E-state index in [-0.39, 0.29) is 17.7 Å². The monoisotopic (exact) mass is 349 g/mol. The second kappa shape index (κ2) is 6.24. The highest BCUT2D eigenvalue weighted by molar-refractivity contribution is 6.14. The Labute approximate surface area is 153 Å². The molecule has 1 saturated carbocycles. The maximum atomic E-state index is 13.2. The third kappa shape index (κ3) is 2.59. The van der Waals surface area contributed by atoms with Gasteiger partial charge < -0.3 is 10.2 Å². The zero-order chi connectivity index (χ0) is 18.3. The molecule has 134 valence electrons. The maximum Gasteiger partial charge on any atom is 0.238 e. The molecule has 1 aliphatic heterocycles. The summed E-state index contributed by atoms with van der Waals surface area (Å²) in [7, 11) is 0. The van der Waals surface area contributed by atoms with Gasteiger partial charge in [0.15, 0.2) is 0 Å². The summed E-state index contributed by atoms with van der Waals surface area (Å²) in [6.07, 6.45) is 4.04. The zero-order valence-electron chi connectivity index (χ0n) is 15.1. The summed E-state index contributed by atoms with van der Waals surface area (Å²) in [5.41, 5.74) is 2.26. The van der Waals surface area contributed by atoms with E-state index in [1.54, 1.807) is 12.4 Å². The number of nitrogens with zero attached hydrogens (tertiary/aromatic N) is 2. The molecule has 5 nitrogen and oxygen atoms in total. The van der Waals surface area contributed by atoms with E-state index < -0.39 is 5.41 Å². The summed E-state index contributed by atoms with van der Waals surface area (Å²) >= 11 is 0. The third-order valence-electron chi connectivity index (χ3n) is 5.32. The zero-order valence-corrected chi connectivity index (χ0v) is 15.1. The van der Waals surface area contributed by atoms with E-state index in [0.29, 0.717) is 25.4 Å². The number of para-hydroxylation sites is 1. The van der Waals surface area contributed by atoms with Crippen LogP contribution in [0.2, 0.25) is 0 Å². The molecule has 26 heavy (non-hydrogen) atoms. The van der Waals surface area contributed by atoms with E-state index in [2.05, 4.69) is 24.1 Å². The second-order valence-electron chi connectivity index (χ2n) is 7.63. The molecular weight excluding hydrogens is 326 g/mol. The van der Waals surface area contributed by atoms with Gasteiger partial charge in [-0.1, -0.05) is 38.1 Å². The molecule has 2 aliphatic rings. The first-order chi connectivity index (χ1) is 12.5. The highest BCUT2D eigenvalue weighted by atomic mass is 16.2. The molecule has 0 saturated heterocycles. The van der Waals surface area contributed by atoms with Crippen molar-refractivity contribution in [1.82, 2.24) is 10.3 Å². The molecule has 2 heterocycles. The van der Waals surface area contributed by atoms with E-state index in [1.165, 1.54) is 0 Å². The van der Waals surface area contributed by atoms with Crippen LogP contribution in [0.5, 0.6) is 0 Å². The van der Waals surface area contributed by atoms with Crippen molar-refractivity contribution < 1.29 is 9.59 Å². The lowest BCUT2D eigenvalue weighted by molar-refractivity contribution is -0.126. The van der Waals surface area contributed by atoms with Crippen LogP contribution in [0.4, 0.5) is 5.69 Å². The van der Waals surface area contributed by atoms with E-state index in [9.17, 15) is 9.59 Å². The summed E-state index contributed by atoms with van der Waals surface area (Å²) in [5.74, 6) is 0.112. The quantitative estimate of drug-likeness (QED) is 0.903. The van der Waals surface area contributed by atoms with Crippen molar-refractivity contribution in [3.8, 4) is 0 Å². The molecule has 0 bridgehead atoms. The number of rotatable bonds is 5. The molecule has 0 radical (unpaired) electrons. The molecule has 1 aromatic heterocycles. The Hall–Kier alpha value is -2.69. The molecule has 0 unspecified atom stereocenters. The van der Waals surface area contributed by atoms with Crippen LogP contribution in [0.25, 0.3) is 0 Å². The average Bonchev–Trinajstić information content (AvgIpc) is 3.36. The fraction of sp³-hybridized carbons (Fsp3) is 0.381. The number of aromatic nitrogens is 1. The van der Waals surface area contributed by atoms with E-state index in [0.717, 1.165) is 16.8 Å². The Balaban J connectivity index is 1.54. The van der Waals surface area contributed by atoms with E-state index in [1.807, 2.05) is 41.3 Å². The van der Waals surface area contributed by atoms with Gasteiger partial charge in [-0.3, -0.25) is 14.6 Å². The first kappa shape index (κ1) is 16.8. The lowest BCUT2D eigenvalue weighted by Crippen LogP contribution is -2.37. The van der Waals surface area contributed by atoms with Crippen LogP contribution >= 0.6 is 0 Å². The van der Waals surface area contributed by atoms with Crippen molar-refractivity contribution in [2.75, 3.05) is 11.4 Å². The van der Waals surface area contributed by atoms with Crippen LogP contribution in [-0.2, 0) is 21.5 Å². The minimum Gasteiger partial charge on any atom is -0.352 e. The van der Waals surface area contributed by atoms with Gasteiger partial charge in [-0.15, -0.1) is 0 Å². The van der Waals surface area contributed by atoms with E-state index in [4.69, 9.17) is 0 Å². The van der Waals surface area contributed by atoms with E-state index >= 15 is 0 Å². The van der Waals surface area contributed by atoms with Gasteiger partial charge in [-0.2, -0.15) is 0 Å². The van der Waals surface area contributed by atoms with Crippen molar-refractivity contribution in [3.63, 3.8) is 0 Å².